The van der Waals surface area contributed by atoms with Gasteiger partial charge in [-0.1, -0.05) is 44.7 Å². The van der Waals surface area contributed by atoms with Crippen LogP contribution in [0.5, 0.6) is 11.5 Å². The second-order valence-corrected chi connectivity index (χ2v) is 9.23. The highest BCUT2D eigenvalue weighted by Crippen LogP contribution is 2.57. The highest BCUT2D eigenvalue weighted by atomic mass is 16.6. The minimum Gasteiger partial charge on any atom is -0.465 e. The fourth-order valence-corrected chi connectivity index (χ4v) is 5.30. The number of rotatable bonds is 10. The number of aliphatic hydroxyl groups is 2. The number of benzene rings is 3. The molecule has 0 saturated carbocycles. The second kappa shape index (κ2) is 8.85. The molecule has 0 fully saturated rings. The Hall–Kier alpha value is -2.82. The molecule has 0 aliphatic heterocycles. The Morgan fingerprint density at radius 3 is 1.94 bits per heavy atom. The van der Waals surface area contributed by atoms with E-state index in [1.807, 2.05) is 6.07 Å². The number of aryl methyl sites for hydroxylation is 1. The number of ether oxygens (including phenoxy) is 2. The van der Waals surface area contributed by atoms with E-state index in [1.54, 1.807) is 13.8 Å². The van der Waals surface area contributed by atoms with Crippen LogP contribution in [-0.4, -0.2) is 22.8 Å². The van der Waals surface area contributed by atoms with Gasteiger partial charge in [-0.3, -0.25) is 0 Å². The van der Waals surface area contributed by atoms with Gasteiger partial charge in [-0.15, -0.1) is 0 Å². The summed E-state index contributed by atoms with van der Waals surface area (Å²) in [5, 5.41) is 20.0. The number of hydrogen-bond donors (Lipinski definition) is 2. The van der Waals surface area contributed by atoms with Crippen molar-refractivity contribution in [2.24, 2.45) is 0 Å². The minimum atomic E-state index is -0.895. The molecule has 7 rings (SSSR count). The van der Waals surface area contributed by atoms with Gasteiger partial charge in [-0.2, -0.15) is 0 Å². The Morgan fingerprint density at radius 1 is 0.667 bits per heavy atom. The van der Waals surface area contributed by atoms with Crippen molar-refractivity contribution in [3.63, 3.8) is 0 Å². The SMILES string of the molecule is CCCCCCCc1cc2c3c(c1-c1ccc-3c(OC(C)O)c1)-c1ccc-2cc1OC(C)O. The van der Waals surface area contributed by atoms with E-state index in [0.717, 1.165) is 51.8 Å². The summed E-state index contributed by atoms with van der Waals surface area (Å²) in [5.41, 5.74) is 10.1. The lowest BCUT2D eigenvalue weighted by molar-refractivity contribution is -0.000426. The molecule has 2 N–H and O–H groups in total. The maximum Gasteiger partial charge on any atom is 0.194 e. The van der Waals surface area contributed by atoms with Gasteiger partial charge in [-0.05, 0) is 84.8 Å². The third kappa shape index (κ3) is 3.92. The Labute approximate surface area is 195 Å². The second-order valence-electron chi connectivity index (χ2n) is 9.23. The van der Waals surface area contributed by atoms with E-state index in [1.165, 1.54) is 36.8 Å². The summed E-state index contributed by atoms with van der Waals surface area (Å²) in [6.45, 7) is 5.51. The molecule has 0 amide bonds. The zero-order valence-electron chi connectivity index (χ0n) is 19.6. The maximum absolute atomic E-state index is 9.99. The summed E-state index contributed by atoms with van der Waals surface area (Å²) in [6.07, 6.45) is 5.41. The van der Waals surface area contributed by atoms with Crippen LogP contribution in [0.15, 0.2) is 42.5 Å². The predicted molar refractivity (Wildman–Crippen MR) is 132 cm³/mol. The van der Waals surface area contributed by atoms with E-state index in [0.29, 0.717) is 11.5 Å². The number of hydrogen-bond acceptors (Lipinski definition) is 4. The first-order chi connectivity index (χ1) is 16.0. The van der Waals surface area contributed by atoms with Crippen LogP contribution in [0, 0.1) is 0 Å². The van der Waals surface area contributed by atoms with Gasteiger partial charge >= 0.3 is 0 Å². The number of aliphatic hydroxyl groups excluding tert-OH is 2. The Morgan fingerprint density at radius 2 is 1.27 bits per heavy atom. The number of fused-ring (bicyclic) bond motifs is 4. The van der Waals surface area contributed by atoms with Crippen LogP contribution < -0.4 is 9.47 Å². The molecule has 4 heteroatoms. The standard InChI is InChI=1S/C29H32O4/c1-4-5-6-7-8-9-20-14-24-19-10-12-23(25(15-19)32-17(2)30)29-27(20)21-11-13-22(28(24)29)26(16-21)33-18(3)31/h10-18,30-31H,4-9H2,1-3H3. The van der Waals surface area contributed by atoms with E-state index < -0.39 is 12.6 Å². The van der Waals surface area contributed by atoms with E-state index >= 15 is 0 Å². The molecule has 0 aromatic heterocycles. The fraction of sp³-hybridized carbons (Fsp3) is 0.379. The molecular formula is C29H32O4. The molecule has 172 valence electrons. The molecule has 0 saturated heterocycles. The van der Waals surface area contributed by atoms with Crippen molar-refractivity contribution < 1.29 is 19.7 Å². The van der Waals surface area contributed by atoms with Gasteiger partial charge in [0, 0.05) is 22.3 Å². The molecule has 2 atom stereocenters. The molecule has 33 heavy (non-hydrogen) atoms. The molecule has 0 radical (unpaired) electrons. The van der Waals surface area contributed by atoms with Crippen molar-refractivity contribution in [2.75, 3.05) is 0 Å². The predicted octanol–water partition coefficient (Wildman–Crippen LogP) is 6.93. The van der Waals surface area contributed by atoms with Crippen LogP contribution in [0.2, 0.25) is 0 Å². The van der Waals surface area contributed by atoms with Crippen LogP contribution in [-0.2, 0) is 6.42 Å². The van der Waals surface area contributed by atoms with Crippen molar-refractivity contribution in [1.82, 2.24) is 0 Å². The Balaban J connectivity index is 1.70. The zero-order valence-corrected chi connectivity index (χ0v) is 19.6. The molecule has 3 aromatic rings. The molecular weight excluding hydrogens is 412 g/mol. The van der Waals surface area contributed by atoms with Crippen LogP contribution in [0.25, 0.3) is 44.5 Å². The van der Waals surface area contributed by atoms with Crippen molar-refractivity contribution >= 4 is 0 Å². The van der Waals surface area contributed by atoms with Crippen LogP contribution in [0.3, 0.4) is 0 Å². The third-order valence-electron chi connectivity index (χ3n) is 6.66. The highest BCUT2D eigenvalue weighted by molar-refractivity contribution is 6.09. The van der Waals surface area contributed by atoms with Gasteiger partial charge < -0.3 is 19.7 Å². The summed E-state index contributed by atoms with van der Waals surface area (Å²) in [6, 6.07) is 14.9. The van der Waals surface area contributed by atoms with Crippen LogP contribution in [0.1, 0.15) is 58.4 Å². The molecule has 0 spiro atoms. The quantitative estimate of drug-likeness (QED) is 0.181. The monoisotopic (exact) mass is 444 g/mol. The molecule has 4 aliphatic rings. The Kier molecular flexibility index (Phi) is 5.90. The summed E-state index contributed by atoms with van der Waals surface area (Å²) in [7, 11) is 0. The summed E-state index contributed by atoms with van der Waals surface area (Å²) in [5.74, 6) is 1.39. The Bertz CT molecular complexity index is 1180. The van der Waals surface area contributed by atoms with Gasteiger partial charge in [-0.25, -0.2) is 0 Å². The van der Waals surface area contributed by atoms with Gasteiger partial charge in [0.2, 0.25) is 0 Å². The summed E-state index contributed by atoms with van der Waals surface area (Å²) < 4.78 is 11.7. The zero-order chi connectivity index (χ0) is 23.1. The van der Waals surface area contributed by atoms with E-state index in [9.17, 15) is 10.2 Å². The van der Waals surface area contributed by atoms with Crippen molar-refractivity contribution in [3.05, 3.63) is 48.0 Å². The lowest BCUT2D eigenvalue weighted by Gasteiger charge is -2.19. The normalized spacial score (nSPS) is 14.1. The molecule has 4 nitrogen and oxygen atoms in total. The molecule has 8 bridgehead atoms. The minimum absolute atomic E-state index is 0.695. The van der Waals surface area contributed by atoms with E-state index in [4.69, 9.17) is 9.47 Å². The van der Waals surface area contributed by atoms with Gasteiger partial charge in [0.1, 0.15) is 11.5 Å². The molecule has 3 aromatic carbocycles. The first-order valence-corrected chi connectivity index (χ1v) is 12.2. The highest BCUT2D eigenvalue weighted by Gasteiger charge is 2.32. The third-order valence-corrected chi connectivity index (χ3v) is 6.66. The smallest absolute Gasteiger partial charge is 0.194 e. The van der Waals surface area contributed by atoms with Gasteiger partial charge in [0.05, 0.1) is 0 Å². The molecule has 2 unspecified atom stereocenters. The van der Waals surface area contributed by atoms with Crippen molar-refractivity contribution in [3.8, 4) is 56.0 Å². The first-order valence-electron chi connectivity index (χ1n) is 12.2. The lowest BCUT2D eigenvalue weighted by atomic mass is 9.85. The van der Waals surface area contributed by atoms with Crippen LogP contribution >= 0.6 is 0 Å². The molecule has 4 aliphatic carbocycles. The van der Waals surface area contributed by atoms with Gasteiger partial charge in [0.25, 0.3) is 0 Å². The van der Waals surface area contributed by atoms with E-state index in [-0.39, 0.29) is 0 Å². The largest absolute Gasteiger partial charge is 0.465 e. The summed E-state index contributed by atoms with van der Waals surface area (Å²) >= 11 is 0. The first kappa shape index (κ1) is 22.0. The number of unbranched alkanes of at least 4 members (excludes halogenated alkanes) is 4. The maximum atomic E-state index is 9.99. The average Bonchev–Trinajstić information content (AvgIpc) is 3.03. The fourth-order valence-electron chi connectivity index (χ4n) is 5.30. The topological polar surface area (TPSA) is 58.9 Å². The van der Waals surface area contributed by atoms with Crippen LogP contribution in [0.4, 0.5) is 0 Å². The van der Waals surface area contributed by atoms with E-state index in [2.05, 4.69) is 43.3 Å². The molecule has 0 heterocycles. The van der Waals surface area contributed by atoms with Gasteiger partial charge in [0.15, 0.2) is 12.6 Å². The lowest BCUT2D eigenvalue weighted by Crippen LogP contribution is -2.10. The average molecular weight is 445 g/mol. The van der Waals surface area contributed by atoms with Crippen molar-refractivity contribution in [1.29, 1.82) is 0 Å². The summed E-state index contributed by atoms with van der Waals surface area (Å²) in [4.78, 5) is 0. The van der Waals surface area contributed by atoms with Crippen molar-refractivity contribution in [2.45, 2.75) is 71.9 Å².